The molecule has 0 amide bonds. The molecule has 1 rings (SSSR count). The predicted molar refractivity (Wildman–Crippen MR) is 70.7 cm³/mol. The topological polar surface area (TPSA) is 45.2 Å². The van der Waals surface area contributed by atoms with Crippen molar-refractivity contribution in [3.05, 3.63) is 22.3 Å². The van der Waals surface area contributed by atoms with Crippen LogP contribution in [0.5, 0.6) is 0 Å². The number of anilines is 1. The van der Waals surface area contributed by atoms with Gasteiger partial charge >= 0.3 is 0 Å². The van der Waals surface area contributed by atoms with Crippen molar-refractivity contribution in [2.75, 3.05) is 18.5 Å². The number of hydrogen-bond donors (Lipinski definition) is 2. The maximum Gasteiger partial charge on any atom is 0.128 e. The largest absolute Gasteiger partial charge is 0.396 e. The molecule has 0 aliphatic carbocycles. The molecule has 1 heterocycles. The Morgan fingerprint density at radius 1 is 1.31 bits per heavy atom. The molecule has 0 atom stereocenters. The highest BCUT2D eigenvalue weighted by Crippen LogP contribution is 2.16. The van der Waals surface area contributed by atoms with Crippen molar-refractivity contribution in [2.45, 2.75) is 32.6 Å². The number of aryl methyl sites for hydroxylation is 1. The molecular weight excluding hydrogens is 268 g/mol. The van der Waals surface area contributed by atoms with E-state index in [-0.39, 0.29) is 0 Å². The molecule has 0 aliphatic heterocycles. The highest BCUT2D eigenvalue weighted by molar-refractivity contribution is 9.10. The molecular formula is C12H19BrN2O. The molecule has 0 saturated carbocycles. The summed E-state index contributed by atoms with van der Waals surface area (Å²) in [4.78, 5) is 4.31. The molecule has 0 bridgehead atoms. The van der Waals surface area contributed by atoms with Crippen molar-refractivity contribution in [1.82, 2.24) is 4.98 Å². The first kappa shape index (κ1) is 13.5. The van der Waals surface area contributed by atoms with Gasteiger partial charge in [-0.1, -0.05) is 12.8 Å². The number of nitrogens with one attached hydrogen (secondary N) is 1. The highest BCUT2D eigenvalue weighted by atomic mass is 79.9. The summed E-state index contributed by atoms with van der Waals surface area (Å²) in [5.41, 5.74) is 1.16. The predicted octanol–water partition coefficient (Wildman–Crippen LogP) is 3.12. The zero-order chi connectivity index (χ0) is 11.8. The molecule has 16 heavy (non-hydrogen) atoms. The van der Waals surface area contributed by atoms with Crippen molar-refractivity contribution in [1.29, 1.82) is 0 Å². The zero-order valence-electron chi connectivity index (χ0n) is 9.67. The third-order valence-electron chi connectivity index (χ3n) is 2.42. The number of rotatable bonds is 7. The van der Waals surface area contributed by atoms with E-state index in [1.54, 1.807) is 6.20 Å². The third-order valence-corrected chi connectivity index (χ3v) is 2.86. The van der Waals surface area contributed by atoms with Gasteiger partial charge in [0.25, 0.3) is 0 Å². The van der Waals surface area contributed by atoms with Crippen LogP contribution in [0.2, 0.25) is 0 Å². The number of pyridine rings is 1. The van der Waals surface area contributed by atoms with Gasteiger partial charge in [-0.05, 0) is 47.3 Å². The molecule has 0 aliphatic rings. The number of nitrogens with zero attached hydrogens (tertiary/aromatic N) is 1. The van der Waals surface area contributed by atoms with Gasteiger partial charge in [0.1, 0.15) is 5.82 Å². The molecule has 3 nitrogen and oxygen atoms in total. The van der Waals surface area contributed by atoms with E-state index in [2.05, 4.69) is 32.3 Å². The number of aliphatic hydroxyl groups excluding tert-OH is 1. The van der Waals surface area contributed by atoms with E-state index in [0.29, 0.717) is 6.61 Å². The van der Waals surface area contributed by atoms with Crippen molar-refractivity contribution < 1.29 is 5.11 Å². The summed E-state index contributed by atoms with van der Waals surface area (Å²) in [6.07, 6.45) is 6.10. The van der Waals surface area contributed by atoms with E-state index in [0.717, 1.165) is 48.1 Å². The molecule has 1 aromatic rings. The Morgan fingerprint density at radius 3 is 2.75 bits per heavy atom. The summed E-state index contributed by atoms with van der Waals surface area (Å²) in [5.74, 6) is 0.963. The van der Waals surface area contributed by atoms with Crippen LogP contribution in [0.15, 0.2) is 16.7 Å². The minimum atomic E-state index is 0.306. The molecule has 0 aromatic carbocycles. The second-order valence-corrected chi connectivity index (χ2v) is 4.80. The van der Waals surface area contributed by atoms with E-state index in [1.165, 1.54) is 0 Å². The Kier molecular flexibility index (Phi) is 6.42. The molecule has 0 radical (unpaired) electrons. The summed E-state index contributed by atoms with van der Waals surface area (Å²) in [7, 11) is 0. The molecule has 0 fully saturated rings. The molecule has 90 valence electrons. The fraction of sp³-hybridized carbons (Fsp3) is 0.583. The van der Waals surface area contributed by atoms with Crippen LogP contribution < -0.4 is 5.32 Å². The zero-order valence-corrected chi connectivity index (χ0v) is 11.3. The van der Waals surface area contributed by atoms with Gasteiger partial charge in [0, 0.05) is 23.8 Å². The van der Waals surface area contributed by atoms with Crippen LogP contribution in [0.3, 0.4) is 0 Å². The molecule has 0 spiro atoms. The smallest absolute Gasteiger partial charge is 0.128 e. The fourth-order valence-corrected chi connectivity index (χ4v) is 1.97. The van der Waals surface area contributed by atoms with Gasteiger partial charge in [-0.3, -0.25) is 0 Å². The minimum absolute atomic E-state index is 0.306. The van der Waals surface area contributed by atoms with Crippen molar-refractivity contribution in [3.63, 3.8) is 0 Å². The first-order chi connectivity index (χ1) is 7.74. The lowest BCUT2D eigenvalue weighted by molar-refractivity contribution is 0.283. The summed E-state index contributed by atoms with van der Waals surface area (Å²) < 4.78 is 1.01. The van der Waals surface area contributed by atoms with Gasteiger partial charge in [-0.15, -0.1) is 0 Å². The van der Waals surface area contributed by atoms with E-state index >= 15 is 0 Å². The van der Waals surface area contributed by atoms with Crippen LogP contribution in [-0.4, -0.2) is 23.2 Å². The average molecular weight is 287 g/mol. The standard InChI is InChI=1S/C12H19BrN2O/c1-10-8-11(13)9-15-12(10)14-6-4-2-3-5-7-16/h8-9,16H,2-7H2,1H3,(H,14,15). The van der Waals surface area contributed by atoms with Crippen LogP contribution >= 0.6 is 15.9 Å². The summed E-state index contributed by atoms with van der Waals surface area (Å²) in [6.45, 7) is 3.30. The van der Waals surface area contributed by atoms with E-state index in [9.17, 15) is 0 Å². The Labute approximate surface area is 105 Å². The lowest BCUT2D eigenvalue weighted by atomic mass is 10.2. The average Bonchev–Trinajstić information content (AvgIpc) is 2.26. The molecule has 0 saturated heterocycles. The van der Waals surface area contributed by atoms with Gasteiger partial charge in [-0.2, -0.15) is 0 Å². The number of hydrogen-bond acceptors (Lipinski definition) is 3. The Bertz CT molecular complexity index is 318. The van der Waals surface area contributed by atoms with Crippen molar-refractivity contribution >= 4 is 21.7 Å². The lowest BCUT2D eigenvalue weighted by Gasteiger charge is -2.08. The fourth-order valence-electron chi connectivity index (χ4n) is 1.52. The van der Waals surface area contributed by atoms with Crippen LogP contribution in [-0.2, 0) is 0 Å². The maximum absolute atomic E-state index is 8.63. The summed E-state index contributed by atoms with van der Waals surface area (Å²) >= 11 is 3.39. The quantitative estimate of drug-likeness (QED) is 0.757. The van der Waals surface area contributed by atoms with Gasteiger partial charge in [0.2, 0.25) is 0 Å². The lowest BCUT2D eigenvalue weighted by Crippen LogP contribution is -2.04. The first-order valence-electron chi connectivity index (χ1n) is 5.71. The van der Waals surface area contributed by atoms with Crippen LogP contribution in [0.1, 0.15) is 31.2 Å². The Balaban J connectivity index is 2.21. The van der Waals surface area contributed by atoms with Crippen LogP contribution in [0.25, 0.3) is 0 Å². The van der Waals surface area contributed by atoms with Gasteiger partial charge in [0.05, 0.1) is 0 Å². The maximum atomic E-state index is 8.63. The van der Waals surface area contributed by atoms with Gasteiger partial charge in [-0.25, -0.2) is 4.98 Å². The summed E-state index contributed by atoms with van der Waals surface area (Å²) in [6, 6.07) is 2.06. The van der Waals surface area contributed by atoms with E-state index in [1.807, 2.05) is 6.92 Å². The third kappa shape index (κ3) is 4.94. The van der Waals surface area contributed by atoms with E-state index < -0.39 is 0 Å². The normalized spacial score (nSPS) is 10.4. The van der Waals surface area contributed by atoms with Gasteiger partial charge in [0.15, 0.2) is 0 Å². The second-order valence-electron chi connectivity index (χ2n) is 3.88. The van der Waals surface area contributed by atoms with Gasteiger partial charge < -0.3 is 10.4 Å². The van der Waals surface area contributed by atoms with Crippen LogP contribution in [0.4, 0.5) is 5.82 Å². The Morgan fingerprint density at radius 2 is 2.06 bits per heavy atom. The number of halogens is 1. The number of aromatic nitrogens is 1. The molecule has 4 heteroatoms. The highest BCUT2D eigenvalue weighted by Gasteiger charge is 1.99. The number of aliphatic hydroxyl groups is 1. The van der Waals surface area contributed by atoms with Crippen molar-refractivity contribution in [3.8, 4) is 0 Å². The van der Waals surface area contributed by atoms with E-state index in [4.69, 9.17) is 5.11 Å². The van der Waals surface area contributed by atoms with Crippen LogP contribution in [0, 0.1) is 6.92 Å². The Hall–Kier alpha value is -0.610. The van der Waals surface area contributed by atoms with Crippen molar-refractivity contribution in [2.24, 2.45) is 0 Å². The first-order valence-corrected chi connectivity index (χ1v) is 6.50. The minimum Gasteiger partial charge on any atom is -0.396 e. The molecule has 2 N–H and O–H groups in total. The second kappa shape index (κ2) is 7.63. The molecule has 1 aromatic heterocycles. The number of unbranched alkanes of at least 4 members (excludes halogenated alkanes) is 3. The summed E-state index contributed by atoms with van der Waals surface area (Å²) in [5, 5.41) is 12.0. The monoisotopic (exact) mass is 286 g/mol. The molecule has 0 unspecified atom stereocenters. The SMILES string of the molecule is Cc1cc(Br)cnc1NCCCCCCO.